The van der Waals surface area contributed by atoms with E-state index < -0.39 is 23.1 Å². The molecule has 0 radical (unpaired) electrons. The zero-order valence-electron chi connectivity index (χ0n) is 19.2. The molecule has 1 saturated heterocycles. The van der Waals surface area contributed by atoms with Gasteiger partial charge in [0, 0.05) is 19.1 Å². The Morgan fingerprint density at radius 1 is 1.06 bits per heavy atom. The molecule has 8 nitrogen and oxygen atoms in total. The fourth-order valence-corrected chi connectivity index (χ4v) is 4.74. The van der Waals surface area contributed by atoms with Crippen LogP contribution in [0.1, 0.15) is 38.3 Å². The summed E-state index contributed by atoms with van der Waals surface area (Å²) in [6, 6.07) is 9.72. The number of nitrogens with zero attached hydrogens (tertiary/aromatic N) is 3. The molecule has 3 aromatic rings. The number of aldehydes is 1. The number of amides is 1. The number of hydrogen-bond donors (Lipinski definition) is 1. The van der Waals surface area contributed by atoms with Gasteiger partial charge in [-0.05, 0) is 42.7 Å². The summed E-state index contributed by atoms with van der Waals surface area (Å²) in [7, 11) is 0. The third-order valence-electron chi connectivity index (χ3n) is 6.55. The van der Waals surface area contributed by atoms with Gasteiger partial charge >= 0.3 is 35.2 Å². The van der Waals surface area contributed by atoms with Crippen molar-refractivity contribution >= 4 is 58.3 Å². The van der Waals surface area contributed by atoms with Crippen molar-refractivity contribution < 1.29 is 14.0 Å². The number of para-hydroxylation sites is 1. The topological polar surface area (TPSA) is 95.5 Å². The van der Waals surface area contributed by atoms with Gasteiger partial charge in [-0.3, -0.25) is 19.1 Å². The second-order valence-electron chi connectivity index (χ2n) is 8.42. The summed E-state index contributed by atoms with van der Waals surface area (Å²) < 4.78 is 16.0. The average molecular weight is 491 g/mol. The fraction of sp³-hybridized carbons (Fsp3) is 0.360. The first-order valence-corrected chi connectivity index (χ1v) is 11.4. The fourth-order valence-electron chi connectivity index (χ4n) is 4.74. The first-order valence-electron chi connectivity index (χ1n) is 11.4. The van der Waals surface area contributed by atoms with Crippen LogP contribution in [0.15, 0.2) is 52.1 Å². The van der Waals surface area contributed by atoms with E-state index in [1.807, 2.05) is 18.7 Å². The second-order valence-corrected chi connectivity index (χ2v) is 8.42. The Balaban J connectivity index is 0.00000342. The number of H-pyrrole nitrogens is 1. The zero-order chi connectivity index (χ0) is 24.4. The molecule has 0 aliphatic carbocycles. The van der Waals surface area contributed by atoms with E-state index in [1.54, 1.807) is 29.2 Å². The van der Waals surface area contributed by atoms with Gasteiger partial charge in [0.2, 0.25) is 5.91 Å². The molecular formula is C25H28FN4NaO4. The molecule has 2 heterocycles. The van der Waals surface area contributed by atoms with Gasteiger partial charge in [-0.25, -0.2) is 9.18 Å². The minimum absolute atomic E-state index is 0. The number of rotatable bonds is 7. The molecule has 1 atom stereocenters. The minimum atomic E-state index is -1.09. The van der Waals surface area contributed by atoms with Crippen LogP contribution >= 0.6 is 0 Å². The van der Waals surface area contributed by atoms with Crippen LogP contribution in [0.4, 0.5) is 10.1 Å². The van der Waals surface area contributed by atoms with Gasteiger partial charge in [-0.15, -0.1) is 0 Å². The number of carbonyl (C=O) groups excluding carboxylic acids is 2. The summed E-state index contributed by atoms with van der Waals surface area (Å²) in [6.07, 6.45) is 2.29. The van der Waals surface area contributed by atoms with Gasteiger partial charge in [0.25, 0.3) is 5.56 Å². The van der Waals surface area contributed by atoms with Crippen LogP contribution in [-0.2, 0) is 9.59 Å². The van der Waals surface area contributed by atoms with Crippen LogP contribution in [-0.4, -0.2) is 81.9 Å². The number of anilines is 1. The monoisotopic (exact) mass is 490 g/mol. The molecule has 180 valence electrons. The molecule has 1 amide bonds. The zero-order valence-corrected chi connectivity index (χ0v) is 19.2. The van der Waals surface area contributed by atoms with E-state index in [0.717, 1.165) is 12.8 Å². The Kier molecular flexibility index (Phi) is 8.69. The number of piperazine rings is 1. The average Bonchev–Trinajstić information content (AvgIpc) is 2.84. The number of aromatic amines is 1. The maximum atomic E-state index is 14.9. The number of aromatic nitrogens is 2. The van der Waals surface area contributed by atoms with E-state index in [4.69, 9.17) is 0 Å². The normalized spacial score (nSPS) is 14.8. The van der Waals surface area contributed by atoms with E-state index in [-0.39, 0.29) is 59.1 Å². The number of hydrogen-bond acceptors (Lipinski definition) is 5. The molecule has 0 saturated carbocycles. The predicted octanol–water partition coefficient (Wildman–Crippen LogP) is 1.81. The Labute approximate surface area is 224 Å². The standard InChI is InChI=1S/C25H27FN4O4.Na.H/c1-3-17(4-2)29-12-11-28(14-23(29)32)21-13-16(9-10-19(21)26)22(15-31)30-20-8-6-5-7-18(20)24(33)27-25(30)34;;/h5-10,13,15,17,22H,3-4,11-12,14H2,1-2H3,(H,27,33,34);;. The Hall–Kier alpha value is -2.75. The second kappa shape index (κ2) is 11.3. The summed E-state index contributed by atoms with van der Waals surface area (Å²) in [6.45, 7) is 5.05. The molecule has 1 aliphatic heterocycles. The molecule has 10 heteroatoms. The molecule has 1 unspecified atom stereocenters. The summed E-state index contributed by atoms with van der Waals surface area (Å²) >= 11 is 0. The number of nitrogens with one attached hydrogen (secondary N) is 1. The Morgan fingerprint density at radius 3 is 2.43 bits per heavy atom. The van der Waals surface area contributed by atoms with Crippen LogP contribution in [0, 0.1) is 5.82 Å². The van der Waals surface area contributed by atoms with Crippen molar-refractivity contribution in [3.05, 3.63) is 74.7 Å². The number of halogens is 1. The van der Waals surface area contributed by atoms with E-state index in [1.165, 1.54) is 22.8 Å². The van der Waals surface area contributed by atoms with Gasteiger partial charge < -0.3 is 14.6 Å². The molecule has 2 aromatic carbocycles. The summed E-state index contributed by atoms with van der Waals surface area (Å²) in [4.78, 5) is 55.6. The van der Waals surface area contributed by atoms with Gasteiger partial charge in [0.15, 0.2) is 0 Å². The molecule has 0 bridgehead atoms. The first-order chi connectivity index (χ1) is 16.4. The predicted molar refractivity (Wildman–Crippen MR) is 135 cm³/mol. The Bertz CT molecular complexity index is 1350. The van der Waals surface area contributed by atoms with E-state index >= 15 is 0 Å². The third kappa shape index (κ3) is 5.12. The van der Waals surface area contributed by atoms with E-state index in [9.17, 15) is 23.6 Å². The van der Waals surface area contributed by atoms with E-state index in [2.05, 4.69) is 4.98 Å². The molecule has 1 aliphatic rings. The van der Waals surface area contributed by atoms with Crippen molar-refractivity contribution in [2.45, 2.75) is 38.8 Å². The van der Waals surface area contributed by atoms with E-state index in [0.29, 0.717) is 30.5 Å². The quantitative estimate of drug-likeness (QED) is 0.403. The van der Waals surface area contributed by atoms with Gasteiger partial charge in [0.05, 0.1) is 23.1 Å². The molecule has 1 N–H and O–H groups in total. The van der Waals surface area contributed by atoms with Crippen molar-refractivity contribution in [1.82, 2.24) is 14.5 Å². The van der Waals surface area contributed by atoms with Crippen molar-refractivity contribution in [2.24, 2.45) is 0 Å². The third-order valence-corrected chi connectivity index (χ3v) is 6.55. The molecule has 4 rings (SSSR count). The number of carbonyl (C=O) groups is 2. The van der Waals surface area contributed by atoms with Crippen LogP contribution in [0.3, 0.4) is 0 Å². The molecule has 1 aromatic heterocycles. The van der Waals surface area contributed by atoms with Gasteiger partial charge in [-0.2, -0.15) is 0 Å². The van der Waals surface area contributed by atoms with Gasteiger partial charge in [-0.1, -0.05) is 32.0 Å². The number of benzene rings is 2. The maximum absolute atomic E-state index is 14.9. The first kappa shape index (κ1) is 26.8. The van der Waals surface area contributed by atoms with Crippen molar-refractivity contribution in [3.8, 4) is 0 Å². The summed E-state index contributed by atoms with van der Waals surface area (Å²) in [5, 5.41) is 0.263. The molecule has 1 fully saturated rings. The Morgan fingerprint density at radius 2 is 1.77 bits per heavy atom. The van der Waals surface area contributed by atoms with Crippen LogP contribution in [0.25, 0.3) is 10.9 Å². The van der Waals surface area contributed by atoms with Crippen LogP contribution in [0.2, 0.25) is 0 Å². The van der Waals surface area contributed by atoms with Crippen LogP contribution < -0.4 is 16.1 Å². The van der Waals surface area contributed by atoms with Crippen molar-refractivity contribution in [3.63, 3.8) is 0 Å². The SMILES string of the molecule is CCC(CC)N1CCN(c2cc(C(C=O)n3c(=O)[nH]c(=O)c4ccccc43)ccc2F)CC1=O.[NaH]. The van der Waals surface area contributed by atoms with Crippen LogP contribution in [0.5, 0.6) is 0 Å². The van der Waals surface area contributed by atoms with Crippen molar-refractivity contribution in [2.75, 3.05) is 24.5 Å². The molecule has 0 spiro atoms. The number of fused-ring (bicyclic) bond motifs is 1. The van der Waals surface area contributed by atoms with Crippen molar-refractivity contribution in [1.29, 1.82) is 0 Å². The molecule has 35 heavy (non-hydrogen) atoms. The summed E-state index contributed by atoms with van der Waals surface area (Å²) in [5.74, 6) is -0.588. The summed E-state index contributed by atoms with van der Waals surface area (Å²) in [5.41, 5.74) is -0.409. The molecular weight excluding hydrogens is 462 g/mol. The van der Waals surface area contributed by atoms with Gasteiger partial charge in [0.1, 0.15) is 18.1 Å².